The molecule has 0 bridgehead atoms. The quantitative estimate of drug-likeness (QED) is 0.739. The fourth-order valence-electron chi connectivity index (χ4n) is 1.88. The Hall–Kier alpha value is -1.60. The monoisotopic (exact) mass is 291 g/mol. The van der Waals surface area contributed by atoms with Crippen molar-refractivity contribution in [1.29, 1.82) is 0 Å². The number of aliphatic carboxylic acids is 1. The molecule has 1 aromatic carbocycles. The maximum atomic E-state index is 10.6. The summed E-state index contributed by atoms with van der Waals surface area (Å²) in [5, 5.41) is 20.7. The molecular weight excluding hydrogens is 275 g/mol. The van der Waals surface area contributed by atoms with Crippen molar-refractivity contribution < 1.29 is 28.2 Å². The fourth-order valence-corrected chi connectivity index (χ4v) is 1.88. The second kappa shape index (κ2) is 6.71. The molecule has 2 rings (SSSR count). The SMILES string of the molecule is O=C(O)C(F)(F)F.OC1(c2ccccc2)CCNCC1. The first kappa shape index (κ1) is 16.5. The van der Waals surface area contributed by atoms with E-state index in [4.69, 9.17) is 9.90 Å². The number of rotatable bonds is 1. The van der Waals surface area contributed by atoms with Crippen LogP contribution in [-0.4, -0.2) is 35.4 Å². The Morgan fingerprint density at radius 3 is 2.00 bits per heavy atom. The number of hydrogen-bond donors (Lipinski definition) is 3. The van der Waals surface area contributed by atoms with Gasteiger partial charge in [0, 0.05) is 0 Å². The molecule has 1 saturated heterocycles. The van der Waals surface area contributed by atoms with E-state index >= 15 is 0 Å². The Bertz CT molecular complexity index is 428. The fraction of sp³-hybridized carbons (Fsp3) is 0.462. The van der Waals surface area contributed by atoms with Crippen molar-refractivity contribution in [3.05, 3.63) is 35.9 Å². The molecule has 0 atom stereocenters. The van der Waals surface area contributed by atoms with Gasteiger partial charge in [-0.05, 0) is 31.5 Å². The normalized spacial score (nSPS) is 17.8. The summed E-state index contributed by atoms with van der Waals surface area (Å²) in [5.41, 5.74) is 0.462. The lowest BCUT2D eigenvalue weighted by molar-refractivity contribution is -0.192. The Morgan fingerprint density at radius 2 is 1.60 bits per heavy atom. The van der Waals surface area contributed by atoms with Gasteiger partial charge in [-0.1, -0.05) is 30.3 Å². The number of carbonyl (C=O) groups is 1. The molecule has 0 aromatic heterocycles. The van der Waals surface area contributed by atoms with Gasteiger partial charge in [-0.15, -0.1) is 0 Å². The second-order valence-corrected chi connectivity index (χ2v) is 4.45. The van der Waals surface area contributed by atoms with Gasteiger partial charge in [0.25, 0.3) is 0 Å². The standard InChI is InChI=1S/C11H15NO.C2HF3O2/c13-11(6-8-12-9-7-11)10-4-2-1-3-5-10;3-2(4,5)1(6)7/h1-5,12-13H,6-9H2;(H,6,7). The predicted molar refractivity (Wildman–Crippen MR) is 66.1 cm³/mol. The summed E-state index contributed by atoms with van der Waals surface area (Å²) < 4.78 is 31.7. The van der Waals surface area contributed by atoms with Gasteiger partial charge in [0.05, 0.1) is 5.60 Å². The van der Waals surface area contributed by atoms with Crippen LogP contribution in [0.5, 0.6) is 0 Å². The molecular formula is C13H16F3NO3. The van der Waals surface area contributed by atoms with Crippen molar-refractivity contribution in [3.63, 3.8) is 0 Å². The van der Waals surface area contributed by atoms with Gasteiger partial charge in [0.15, 0.2) is 0 Å². The molecule has 0 radical (unpaired) electrons. The molecule has 3 N–H and O–H groups in total. The molecule has 0 amide bonds. The van der Waals surface area contributed by atoms with Crippen LogP contribution in [0.15, 0.2) is 30.3 Å². The van der Waals surface area contributed by atoms with Gasteiger partial charge >= 0.3 is 12.1 Å². The third-order valence-electron chi connectivity index (χ3n) is 2.98. The van der Waals surface area contributed by atoms with Crippen LogP contribution >= 0.6 is 0 Å². The number of carboxylic acids is 1. The smallest absolute Gasteiger partial charge is 0.475 e. The Labute approximate surface area is 114 Å². The maximum absolute atomic E-state index is 10.6. The minimum atomic E-state index is -5.08. The first-order valence-electron chi connectivity index (χ1n) is 6.04. The van der Waals surface area contributed by atoms with Crippen molar-refractivity contribution in [2.75, 3.05) is 13.1 Å². The maximum Gasteiger partial charge on any atom is 0.490 e. The summed E-state index contributed by atoms with van der Waals surface area (Å²) in [5.74, 6) is -2.76. The molecule has 1 aliphatic heterocycles. The molecule has 7 heteroatoms. The van der Waals surface area contributed by atoms with E-state index < -0.39 is 17.7 Å². The highest BCUT2D eigenvalue weighted by atomic mass is 19.4. The summed E-state index contributed by atoms with van der Waals surface area (Å²) in [7, 11) is 0. The highest BCUT2D eigenvalue weighted by Gasteiger charge is 2.38. The average molecular weight is 291 g/mol. The minimum Gasteiger partial charge on any atom is -0.475 e. The number of alkyl halides is 3. The molecule has 20 heavy (non-hydrogen) atoms. The van der Waals surface area contributed by atoms with Crippen LogP contribution in [0.1, 0.15) is 18.4 Å². The largest absolute Gasteiger partial charge is 0.490 e. The van der Waals surface area contributed by atoms with Gasteiger partial charge < -0.3 is 15.5 Å². The summed E-state index contributed by atoms with van der Waals surface area (Å²) in [6.45, 7) is 1.82. The van der Waals surface area contributed by atoms with Crippen LogP contribution in [0.3, 0.4) is 0 Å². The lowest BCUT2D eigenvalue weighted by atomic mass is 9.85. The molecule has 112 valence electrons. The number of nitrogens with one attached hydrogen (secondary N) is 1. The van der Waals surface area contributed by atoms with Gasteiger partial charge in [-0.2, -0.15) is 13.2 Å². The van der Waals surface area contributed by atoms with Crippen molar-refractivity contribution in [1.82, 2.24) is 5.32 Å². The van der Waals surface area contributed by atoms with E-state index in [1.54, 1.807) is 0 Å². The number of hydrogen-bond acceptors (Lipinski definition) is 3. The van der Waals surface area contributed by atoms with Crippen LogP contribution in [-0.2, 0) is 10.4 Å². The Kier molecular flexibility index (Phi) is 5.52. The summed E-state index contributed by atoms with van der Waals surface area (Å²) in [6, 6.07) is 9.95. The number of benzene rings is 1. The Balaban J connectivity index is 0.000000246. The highest BCUT2D eigenvalue weighted by molar-refractivity contribution is 5.73. The summed E-state index contributed by atoms with van der Waals surface area (Å²) in [4.78, 5) is 8.90. The first-order chi connectivity index (χ1) is 9.26. The molecule has 1 fully saturated rings. The van der Waals surface area contributed by atoms with Crippen LogP contribution in [0, 0.1) is 0 Å². The van der Waals surface area contributed by atoms with Gasteiger partial charge in [-0.25, -0.2) is 4.79 Å². The topological polar surface area (TPSA) is 69.6 Å². The van der Waals surface area contributed by atoms with E-state index in [0.29, 0.717) is 0 Å². The molecule has 4 nitrogen and oxygen atoms in total. The van der Waals surface area contributed by atoms with E-state index in [2.05, 4.69) is 5.32 Å². The third-order valence-corrected chi connectivity index (χ3v) is 2.98. The van der Waals surface area contributed by atoms with Gasteiger partial charge in [0.2, 0.25) is 0 Å². The summed E-state index contributed by atoms with van der Waals surface area (Å²) in [6.07, 6.45) is -3.45. The summed E-state index contributed by atoms with van der Waals surface area (Å²) >= 11 is 0. The lowest BCUT2D eigenvalue weighted by Crippen LogP contribution is -2.39. The number of carboxylic acid groups (broad SMARTS) is 1. The molecule has 0 aliphatic carbocycles. The average Bonchev–Trinajstić information content (AvgIpc) is 2.40. The number of aliphatic hydroxyl groups is 1. The van der Waals surface area contributed by atoms with Crippen LogP contribution < -0.4 is 5.32 Å². The zero-order chi connectivity index (χ0) is 15.2. The van der Waals surface area contributed by atoms with E-state index in [9.17, 15) is 18.3 Å². The van der Waals surface area contributed by atoms with Gasteiger partial charge in [-0.3, -0.25) is 0 Å². The van der Waals surface area contributed by atoms with E-state index in [1.165, 1.54) is 0 Å². The molecule has 1 heterocycles. The van der Waals surface area contributed by atoms with E-state index in [-0.39, 0.29) is 0 Å². The number of piperidine rings is 1. The zero-order valence-electron chi connectivity index (χ0n) is 10.7. The second-order valence-electron chi connectivity index (χ2n) is 4.45. The van der Waals surface area contributed by atoms with Crippen molar-refractivity contribution in [3.8, 4) is 0 Å². The molecule has 0 unspecified atom stereocenters. The van der Waals surface area contributed by atoms with Crippen LogP contribution in [0.25, 0.3) is 0 Å². The van der Waals surface area contributed by atoms with E-state index in [0.717, 1.165) is 31.5 Å². The van der Waals surface area contributed by atoms with E-state index in [1.807, 2.05) is 30.3 Å². The van der Waals surface area contributed by atoms with Crippen molar-refractivity contribution >= 4 is 5.97 Å². The number of halogens is 3. The zero-order valence-corrected chi connectivity index (χ0v) is 10.7. The third kappa shape index (κ3) is 4.82. The Morgan fingerprint density at radius 1 is 1.15 bits per heavy atom. The lowest BCUT2D eigenvalue weighted by Gasteiger charge is -2.32. The molecule has 0 saturated carbocycles. The first-order valence-corrected chi connectivity index (χ1v) is 6.04. The minimum absolute atomic E-state index is 0.591. The molecule has 1 aromatic rings. The van der Waals surface area contributed by atoms with Crippen LogP contribution in [0.4, 0.5) is 13.2 Å². The molecule has 1 aliphatic rings. The predicted octanol–water partition coefficient (Wildman–Crippen LogP) is 1.89. The highest BCUT2D eigenvalue weighted by Crippen LogP contribution is 2.29. The van der Waals surface area contributed by atoms with Gasteiger partial charge in [0.1, 0.15) is 0 Å². The van der Waals surface area contributed by atoms with Crippen molar-refractivity contribution in [2.45, 2.75) is 24.6 Å². The van der Waals surface area contributed by atoms with Crippen molar-refractivity contribution in [2.24, 2.45) is 0 Å². The molecule has 0 spiro atoms. The van der Waals surface area contributed by atoms with Crippen LogP contribution in [0.2, 0.25) is 0 Å².